The molecule has 25 heavy (non-hydrogen) atoms. The SMILES string of the molecule is CC(C)(C)C(=O)NCCCC(=O)Nc1ccc(OCC(=O)O)c(Cl)c1. The van der Waals surface area contributed by atoms with Gasteiger partial charge < -0.3 is 20.5 Å². The lowest BCUT2D eigenvalue weighted by Crippen LogP contribution is -2.35. The molecule has 1 rings (SSSR count). The third-order valence-electron chi connectivity index (χ3n) is 3.11. The maximum atomic E-state index is 11.9. The molecular weight excluding hydrogens is 348 g/mol. The predicted octanol–water partition coefficient (Wildman–Crippen LogP) is 2.68. The van der Waals surface area contributed by atoms with Crippen LogP contribution in [0, 0.1) is 5.41 Å². The number of anilines is 1. The number of carboxylic acid groups (broad SMARTS) is 1. The minimum Gasteiger partial charge on any atom is -0.480 e. The highest BCUT2D eigenvalue weighted by molar-refractivity contribution is 6.32. The zero-order chi connectivity index (χ0) is 19.0. The number of carbonyl (C=O) groups is 3. The van der Waals surface area contributed by atoms with Gasteiger partial charge in [0.15, 0.2) is 6.61 Å². The van der Waals surface area contributed by atoms with Crippen LogP contribution in [0.4, 0.5) is 5.69 Å². The van der Waals surface area contributed by atoms with Crippen molar-refractivity contribution in [3.63, 3.8) is 0 Å². The molecule has 7 nitrogen and oxygen atoms in total. The van der Waals surface area contributed by atoms with Crippen molar-refractivity contribution in [1.29, 1.82) is 0 Å². The van der Waals surface area contributed by atoms with Gasteiger partial charge >= 0.3 is 5.97 Å². The molecule has 1 aromatic rings. The van der Waals surface area contributed by atoms with Gasteiger partial charge in [-0.3, -0.25) is 9.59 Å². The maximum Gasteiger partial charge on any atom is 0.341 e. The first-order chi connectivity index (χ1) is 11.6. The lowest BCUT2D eigenvalue weighted by Gasteiger charge is -2.17. The van der Waals surface area contributed by atoms with E-state index in [1.54, 1.807) is 6.07 Å². The number of hydrogen-bond donors (Lipinski definition) is 3. The van der Waals surface area contributed by atoms with Gasteiger partial charge in [0.05, 0.1) is 5.02 Å². The summed E-state index contributed by atoms with van der Waals surface area (Å²) >= 11 is 5.98. The number of ether oxygens (including phenoxy) is 1. The van der Waals surface area contributed by atoms with Crippen LogP contribution in [0.2, 0.25) is 5.02 Å². The fraction of sp³-hybridized carbons (Fsp3) is 0.471. The molecule has 0 radical (unpaired) electrons. The average molecular weight is 371 g/mol. The first-order valence-corrected chi connectivity index (χ1v) is 8.19. The van der Waals surface area contributed by atoms with Gasteiger partial charge in [-0.25, -0.2) is 4.79 Å². The van der Waals surface area contributed by atoms with Crippen LogP contribution in [0.15, 0.2) is 18.2 Å². The molecule has 0 spiro atoms. The number of rotatable bonds is 8. The Balaban J connectivity index is 2.41. The highest BCUT2D eigenvalue weighted by Crippen LogP contribution is 2.27. The van der Waals surface area contributed by atoms with Gasteiger partial charge in [-0.05, 0) is 24.6 Å². The van der Waals surface area contributed by atoms with Crippen molar-refractivity contribution in [2.24, 2.45) is 5.41 Å². The molecule has 0 unspecified atom stereocenters. The summed E-state index contributed by atoms with van der Waals surface area (Å²) < 4.78 is 5.00. The summed E-state index contributed by atoms with van der Waals surface area (Å²) in [5, 5.41) is 14.2. The van der Waals surface area contributed by atoms with Crippen LogP contribution < -0.4 is 15.4 Å². The Hall–Kier alpha value is -2.28. The van der Waals surface area contributed by atoms with E-state index in [0.29, 0.717) is 18.7 Å². The van der Waals surface area contributed by atoms with Crippen LogP contribution in [-0.4, -0.2) is 36.0 Å². The summed E-state index contributed by atoms with van der Waals surface area (Å²) in [5.41, 5.74) is 0.0279. The van der Waals surface area contributed by atoms with E-state index in [1.807, 2.05) is 20.8 Å². The van der Waals surface area contributed by atoms with Gasteiger partial charge in [0, 0.05) is 24.1 Å². The van der Waals surface area contributed by atoms with Crippen LogP contribution in [0.3, 0.4) is 0 Å². The fourth-order valence-electron chi connectivity index (χ4n) is 1.77. The summed E-state index contributed by atoms with van der Waals surface area (Å²) in [5.74, 6) is -1.14. The second-order valence-corrected chi connectivity index (χ2v) is 6.89. The van der Waals surface area contributed by atoms with E-state index in [2.05, 4.69) is 10.6 Å². The van der Waals surface area contributed by atoms with E-state index in [4.69, 9.17) is 21.4 Å². The van der Waals surface area contributed by atoms with Gasteiger partial charge in [0.1, 0.15) is 5.75 Å². The van der Waals surface area contributed by atoms with Crippen molar-refractivity contribution in [3.05, 3.63) is 23.2 Å². The molecule has 0 aliphatic rings. The topological polar surface area (TPSA) is 105 Å². The smallest absolute Gasteiger partial charge is 0.341 e. The molecular formula is C17H23ClN2O5. The quantitative estimate of drug-likeness (QED) is 0.610. The second kappa shape index (κ2) is 9.27. The highest BCUT2D eigenvalue weighted by atomic mass is 35.5. The van der Waals surface area contributed by atoms with Crippen molar-refractivity contribution in [2.75, 3.05) is 18.5 Å². The Kier molecular flexibility index (Phi) is 7.70. The number of halogens is 1. The van der Waals surface area contributed by atoms with Gasteiger partial charge in [0.2, 0.25) is 11.8 Å². The second-order valence-electron chi connectivity index (χ2n) is 6.49. The molecule has 1 aromatic carbocycles. The summed E-state index contributed by atoms with van der Waals surface area (Å²) in [6.07, 6.45) is 0.764. The summed E-state index contributed by atoms with van der Waals surface area (Å²) in [7, 11) is 0. The number of aliphatic carboxylic acids is 1. The monoisotopic (exact) mass is 370 g/mol. The molecule has 0 saturated carbocycles. The number of carboxylic acids is 1. The Bertz CT molecular complexity index is 640. The van der Waals surface area contributed by atoms with Crippen LogP contribution >= 0.6 is 11.6 Å². The molecule has 138 valence electrons. The minimum absolute atomic E-state index is 0.0587. The molecule has 0 aromatic heterocycles. The minimum atomic E-state index is -1.10. The third-order valence-corrected chi connectivity index (χ3v) is 3.41. The normalized spacial score (nSPS) is 10.9. The van der Waals surface area contributed by atoms with E-state index < -0.39 is 18.0 Å². The van der Waals surface area contributed by atoms with E-state index in [-0.39, 0.29) is 29.0 Å². The van der Waals surface area contributed by atoms with Gasteiger partial charge in [-0.1, -0.05) is 32.4 Å². The maximum absolute atomic E-state index is 11.9. The van der Waals surface area contributed by atoms with Crippen LogP contribution in [0.5, 0.6) is 5.75 Å². The number of hydrogen-bond acceptors (Lipinski definition) is 4. The third kappa shape index (κ3) is 7.89. The molecule has 0 heterocycles. The van der Waals surface area contributed by atoms with E-state index in [1.165, 1.54) is 12.1 Å². The molecule has 0 fully saturated rings. The summed E-state index contributed by atoms with van der Waals surface area (Å²) in [6, 6.07) is 4.55. The summed E-state index contributed by atoms with van der Waals surface area (Å²) in [6.45, 7) is 5.39. The predicted molar refractivity (Wildman–Crippen MR) is 94.9 cm³/mol. The molecule has 0 atom stereocenters. The Labute approximate surface area is 151 Å². The highest BCUT2D eigenvalue weighted by Gasteiger charge is 2.20. The lowest BCUT2D eigenvalue weighted by atomic mass is 9.96. The molecule has 2 amide bonds. The van der Waals surface area contributed by atoms with Crippen LogP contribution in [0.1, 0.15) is 33.6 Å². The zero-order valence-corrected chi connectivity index (χ0v) is 15.3. The van der Waals surface area contributed by atoms with Gasteiger partial charge in [-0.2, -0.15) is 0 Å². The fourth-order valence-corrected chi connectivity index (χ4v) is 2.01. The molecule has 0 aliphatic heterocycles. The van der Waals surface area contributed by atoms with E-state index in [0.717, 1.165) is 0 Å². The standard InChI is InChI=1S/C17H23ClN2O5/c1-17(2,3)16(24)19-8-4-5-14(21)20-11-6-7-13(12(18)9-11)25-10-15(22)23/h6-7,9H,4-5,8,10H2,1-3H3,(H,19,24)(H,20,21)(H,22,23). The number of benzene rings is 1. The molecule has 0 saturated heterocycles. The van der Waals surface area contributed by atoms with Crippen LogP contribution in [0.25, 0.3) is 0 Å². The lowest BCUT2D eigenvalue weighted by molar-refractivity contribution is -0.139. The van der Waals surface area contributed by atoms with Crippen molar-refractivity contribution in [3.8, 4) is 5.75 Å². The average Bonchev–Trinajstić information content (AvgIpc) is 2.49. The molecule has 0 bridgehead atoms. The number of nitrogens with one attached hydrogen (secondary N) is 2. The van der Waals surface area contributed by atoms with Gasteiger partial charge in [0.25, 0.3) is 0 Å². The Morgan fingerprint density at radius 1 is 1.24 bits per heavy atom. The Morgan fingerprint density at radius 2 is 1.92 bits per heavy atom. The molecule has 3 N–H and O–H groups in total. The van der Waals surface area contributed by atoms with Crippen molar-refractivity contribution in [2.45, 2.75) is 33.6 Å². The zero-order valence-electron chi connectivity index (χ0n) is 14.5. The van der Waals surface area contributed by atoms with E-state index >= 15 is 0 Å². The van der Waals surface area contributed by atoms with E-state index in [9.17, 15) is 14.4 Å². The number of amides is 2. The Morgan fingerprint density at radius 3 is 2.48 bits per heavy atom. The first kappa shape index (κ1) is 20.8. The van der Waals surface area contributed by atoms with Crippen molar-refractivity contribution < 1.29 is 24.2 Å². The van der Waals surface area contributed by atoms with Crippen molar-refractivity contribution >= 4 is 35.1 Å². The van der Waals surface area contributed by atoms with Gasteiger partial charge in [-0.15, -0.1) is 0 Å². The summed E-state index contributed by atoms with van der Waals surface area (Å²) in [4.78, 5) is 34.0. The molecule has 0 aliphatic carbocycles. The van der Waals surface area contributed by atoms with Crippen molar-refractivity contribution in [1.82, 2.24) is 5.32 Å². The number of carbonyl (C=O) groups excluding carboxylic acids is 2. The largest absolute Gasteiger partial charge is 0.480 e. The first-order valence-electron chi connectivity index (χ1n) is 7.82. The van der Waals surface area contributed by atoms with Crippen LogP contribution in [-0.2, 0) is 14.4 Å². The molecule has 8 heteroatoms.